The number of allylic oxidation sites excluding steroid dienone is 2. The van der Waals surface area contributed by atoms with Crippen molar-refractivity contribution in [1.82, 2.24) is 9.21 Å². The molecule has 3 aromatic carbocycles. The smallest absolute Gasteiger partial charge is 0.260 e. The van der Waals surface area contributed by atoms with Crippen molar-refractivity contribution >= 4 is 45.5 Å². The normalized spacial score (nSPS) is 14.5. The molecule has 0 radical (unpaired) electrons. The number of halogens is 1. The monoisotopic (exact) mass is 580 g/mol. The molecule has 8 nitrogen and oxygen atoms in total. The molecule has 0 unspecified atom stereocenters. The predicted molar refractivity (Wildman–Crippen MR) is 155 cm³/mol. The summed E-state index contributed by atoms with van der Waals surface area (Å²) in [4.78, 5) is 26.6. The second-order valence-electron chi connectivity index (χ2n) is 8.94. The second kappa shape index (κ2) is 13.4. The van der Waals surface area contributed by atoms with E-state index >= 15 is 0 Å². The molecule has 1 amide bonds. The largest absolute Gasteiger partial charge is 0.497 e. The number of hydrogen-bond donors (Lipinski definition) is 0. The molecule has 0 spiro atoms. The molecule has 10 heteroatoms. The minimum Gasteiger partial charge on any atom is -0.497 e. The maximum absolute atomic E-state index is 12.8. The van der Waals surface area contributed by atoms with Gasteiger partial charge in [-0.25, -0.2) is 8.42 Å². The summed E-state index contributed by atoms with van der Waals surface area (Å²) in [6, 6.07) is 20.4. The molecule has 3 aromatic rings. The first-order chi connectivity index (χ1) is 19.2. The molecular weight excluding hydrogens is 552 g/mol. The number of ketones is 1. The van der Waals surface area contributed by atoms with E-state index in [0.29, 0.717) is 10.8 Å². The zero-order chi connectivity index (χ0) is 28.5. The molecule has 0 atom stereocenters. The molecule has 40 heavy (non-hydrogen) atoms. The number of hydrogen-bond acceptors (Lipinski definition) is 6. The van der Waals surface area contributed by atoms with E-state index in [1.165, 1.54) is 40.7 Å². The molecule has 1 aliphatic heterocycles. The first-order valence-corrected chi connectivity index (χ1v) is 14.4. The molecule has 1 aliphatic rings. The van der Waals surface area contributed by atoms with Gasteiger partial charge in [0.15, 0.2) is 12.4 Å². The molecule has 0 N–H and O–H groups in total. The molecule has 0 bridgehead atoms. The number of carbonyl (C=O) groups excluding carboxylic acids is 2. The van der Waals surface area contributed by atoms with Crippen LogP contribution in [0, 0.1) is 0 Å². The molecule has 1 heterocycles. The van der Waals surface area contributed by atoms with Crippen molar-refractivity contribution in [3.8, 4) is 11.5 Å². The number of sulfonamides is 1. The van der Waals surface area contributed by atoms with Gasteiger partial charge < -0.3 is 14.4 Å². The average Bonchev–Trinajstić information content (AvgIpc) is 2.98. The van der Waals surface area contributed by atoms with Crippen LogP contribution in [0.15, 0.2) is 89.8 Å². The number of piperazine rings is 1. The standard InChI is InChI=1S/C30H29ClN2O6S/c1-38-27-12-4-23(5-13-27)2-10-26(34)11-3-24-6-14-28(15-7-24)39-22-30(35)32-18-20-33(21-19-32)40(36,37)29-16-8-25(31)9-17-29/h2-17H,18-22H2,1H3. The molecule has 0 saturated carbocycles. The average molecular weight is 581 g/mol. The van der Waals surface area contributed by atoms with Gasteiger partial charge in [-0.2, -0.15) is 4.31 Å². The Morgan fingerprint density at radius 2 is 1.32 bits per heavy atom. The lowest BCUT2D eigenvalue weighted by atomic mass is 10.1. The van der Waals surface area contributed by atoms with Gasteiger partial charge in [0.25, 0.3) is 5.91 Å². The summed E-state index contributed by atoms with van der Waals surface area (Å²) in [5, 5.41) is 0.463. The van der Waals surface area contributed by atoms with Gasteiger partial charge in [-0.3, -0.25) is 9.59 Å². The highest BCUT2D eigenvalue weighted by Gasteiger charge is 2.30. The minimum absolute atomic E-state index is 0.150. The van der Waals surface area contributed by atoms with Gasteiger partial charge in [0.05, 0.1) is 12.0 Å². The van der Waals surface area contributed by atoms with Crippen LogP contribution in [0.5, 0.6) is 11.5 Å². The Bertz CT molecular complexity index is 1480. The van der Waals surface area contributed by atoms with E-state index in [0.717, 1.165) is 16.9 Å². The summed E-state index contributed by atoms with van der Waals surface area (Å²) in [6.45, 7) is 0.796. The predicted octanol–water partition coefficient (Wildman–Crippen LogP) is 4.56. The van der Waals surface area contributed by atoms with Gasteiger partial charge in [-0.05, 0) is 71.8 Å². The Kier molecular flexibility index (Phi) is 9.76. The van der Waals surface area contributed by atoms with E-state index in [9.17, 15) is 18.0 Å². The van der Waals surface area contributed by atoms with Crippen molar-refractivity contribution in [2.75, 3.05) is 39.9 Å². The van der Waals surface area contributed by atoms with Crippen molar-refractivity contribution in [1.29, 1.82) is 0 Å². The minimum atomic E-state index is -3.65. The van der Waals surface area contributed by atoms with Gasteiger partial charge in [-0.1, -0.05) is 48.0 Å². The lowest BCUT2D eigenvalue weighted by molar-refractivity contribution is -0.134. The summed E-state index contributed by atoms with van der Waals surface area (Å²) >= 11 is 5.86. The Labute approximate surface area is 239 Å². The SMILES string of the molecule is COc1ccc(C=CC(=O)C=Cc2ccc(OCC(=O)N3CCN(S(=O)(=O)c4ccc(Cl)cc4)CC3)cc2)cc1. The fourth-order valence-electron chi connectivity index (χ4n) is 3.97. The highest BCUT2D eigenvalue weighted by Crippen LogP contribution is 2.20. The van der Waals surface area contributed by atoms with E-state index < -0.39 is 10.0 Å². The highest BCUT2D eigenvalue weighted by molar-refractivity contribution is 7.89. The highest BCUT2D eigenvalue weighted by atomic mass is 35.5. The number of benzene rings is 3. The topological polar surface area (TPSA) is 93.2 Å². The van der Waals surface area contributed by atoms with E-state index in [4.69, 9.17) is 21.1 Å². The lowest BCUT2D eigenvalue weighted by Crippen LogP contribution is -2.51. The summed E-state index contributed by atoms with van der Waals surface area (Å²) < 4.78 is 37.8. The summed E-state index contributed by atoms with van der Waals surface area (Å²) in [5.74, 6) is 0.895. The van der Waals surface area contributed by atoms with Crippen LogP contribution in [0.2, 0.25) is 5.02 Å². The second-order valence-corrected chi connectivity index (χ2v) is 11.3. The maximum atomic E-state index is 12.8. The maximum Gasteiger partial charge on any atom is 0.260 e. The van der Waals surface area contributed by atoms with Crippen LogP contribution >= 0.6 is 11.6 Å². The zero-order valence-corrected chi connectivity index (χ0v) is 23.5. The number of methoxy groups -OCH3 is 1. The molecular formula is C30H29ClN2O6S. The fourth-order valence-corrected chi connectivity index (χ4v) is 5.52. The Balaban J connectivity index is 1.22. The summed E-state index contributed by atoms with van der Waals surface area (Å²) in [5.41, 5.74) is 1.70. The quantitative estimate of drug-likeness (QED) is 0.327. The Morgan fingerprint density at radius 1 is 0.800 bits per heavy atom. The van der Waals surface area contributed by atoms with Crippen LogP contribution in [0.1, 0.15) is 11.1 Å². The van der Waals surface area contributed by atoms with Gasteiger partial charge in [0.2, 0.25) is 10.0 Å². The van der Waals surface area contributed by atoms with Crippen LogP contribution in [-0.4, -0.2) is 69.2 Å². The third-order valence-corrected chi connectivity index (χ3v) is 8.45. The van der Waals surface area contributed by atoms with Crippen molar-refractivity contribution in [3.63, 3.8) is 0 Å². The van der Waals surface area contributed by atoms with Crippen molar-refractivity contribution < 1.29 is 27.5 Å². The van der Waals surface area contributed by atoms with E-state index in [-0.39, 0.29) is 49.4 Å². The molecule has 1 saturated heterocycles. The van der Waals surface area contributed by atoms with Crippen LogP contribution in [0.3, 0.4) is 0 Å². The molecule has 0 aromatic heterocycles. The number of amides is 1. The van der Waals surface area contributed by atoms with Gasteiger partial charge >= 0.3 is 0 Å². The van der Waals surface area contributed by atoms with Crippen molar-refractivity contribution in [3.05, 3.63) is 101 Å². The Morgan fingerprint density at radius 3 is 1.85 bits per heavy atom. The number of carbonyl (C=O) groups is 2. The molecule has 208 valence electrons. The van der Waals surface area contributed by atoms with Crippen molar-refractivity contribution in [2.45, 2.75) is 4.90 Å². The number of rotatable bonds is 10. The molecule has 4 rings (SSSR count). The van der Waals surface area contributed by atoms with E-state index in [1.807, 2.05) is 24.3 Å². The van der Waals surface area contributed by atoms with Crippen molar-refractivity contribution in [2.24, 2.45) is 0 Å². The molecule has 1 fully saturated rings. The van der Waals surface area contributed by atoms with Crippen LogP contribution < -0.4 is 9.47 Å². The zero-order valence-electron chi connectivity index (χ0n) is 21.9. The number of nitrogens with zero attached hydrogens (tertiary/aromatic N) is 2. The Hall–Kier alpha value is -3.92. The third-order valence-electron chi connectivity index (χ3n) is 6.28. The fraction of sp³-hybridized carbons (Fsp3) is 0.200. The number of ether oxygens (including phenoxy) is 2. The van der Waals surface area contributed by atoms with Gasteiger partial charge in [0, 0.05) is 31.2 Å². The summed E-state index contributed by atoms with van der Waals surface area (Å²) in [6.07, 6.45) is 6.41. The summed E-state index contributed by atoms with van der Waals surface area (Å²) in [7, 11) is -2.05. The van der Waals surface area contributed by atoms with E-state index in [1.54, 1.807) is 48.4 Å². The van der Waals surface area contributed by atoms with E-state index in [2.05, 4.69) is 0 Å². The molecule has 0 aliphatic carbocycles. The van der Waals surface area contributed by atoms with Gasteiger partial charge in [-0.15, -0.1) is 0 Å². The van der Waals surface area contributed by atoms with Crippen LogP contribution in [0.4, 0.5) is 0 Å². The van der Waals surface area contributed by atoms with Crippen LogP contribution in [0.25, 0.3) is 12.2 Å². The lowest BCUT2D eigenvalue weighted by Gasteiger charge is -2.34. The third kappa shape index (κ3) is 7.81. The van der Waals surface area contributed by atoms with Crippen LogP contribution in [-0.2, 0) is 19.6 Å². The van der Waals surface area contributed by atoms with Gasteiger partial charge in [0.1, 0.15) is 11.5 Å². The first kappa shape index (κ1) is 29.1. The first-order valence-electron chi connectivity index (χ1n) is 12.5.